The van der Waals surface area contributed by atoms with Crippen LogP contribution in [-0.4, -0.2) is 33.2 Å². The van der Waals surface area contributed by atoms with Crippen LogP contribution in [0.5, 0.6) is 0 Å². The van der Waals surface area contributed by atoms with Gasteiger partial charge in [-0.1, -0.05) is 12.1 Å². The second-order valence-corrected chi connectivity index (χ2v) is 6.23. The van der Waals surface area contributed by atoms with Crippen LogP contribution in [-0.2, 0) is 17.8 Å². The Morgan fingerprint density at radius 1 is 1.43 bits per heavy atom. The molecule has 0 bridgehead atoms. The lowest BCUT2D eigenvalue weighted by atomic mass is 10.1. The molecular weight excluding hydrogens is 293 g/mol. The summed E-state index contributed by atoms with van der Waals surface area (Å²) in [5, 5.41) is 4.22. The molecule has 1 aromatic heterocycles. The highest BCUT2D eigenvalue weighted by Gasteiger charge is 2.31. The first-order valence-electron chi connectivity index (χ1n) is 8.15. The molecule has 0 radical (unpaired) electrons. The lowest BCUT2D eigenvalue weighted by molar-refractivity contribution is -0.132. The first-order valence-corrected chi connectivity index (χ1v) is 8.15. The third kappa shape index (κ3) is 4.41. The number of aromatic nitrogens is 2. The lowest BCUT2D eigenvalue weighted by Crippen LogP contribution is -2.35. The van der Waals surface area contributed by atoms with Crippen molar-refractivity contribution in [3.63, 3.8) is 0 Å². The topological polar surface area (TPSA) is 38.1 Å². The van der Waals surface area contributed by atoms with E-state index >= 15 is 0 Å². The molecule has 1 fully saturated rings. The molecule has 0 atom stereocenters. The van der Waals surface area contributed by atoms with E-state index < -0.39 is 0 Å². The maximum atomic E-state index is 13.2. The molecule has 0 saturated heterocycles. The maximum Gasteiger partial charge on any atom is 0.224 e. The van der Waals surface area contributed by atoms with Gasteiger partial charge in [0.1, 0.15) is 5.82 Å². The predicted octanol–water partition coefficient (Wildman–Crippen LogP) is 2.95. The fraction of sp³-hybridized carbons (Fsp3) is 0.444. The molecule has 4 nitrogen and oxygen atoms in total. The van der Waals surface area contributed by atoms with Crippen LogP contribution in [0.3, 0.4) is 0 Å². The maximum absolute atomic E-state index is 13.2. The van der Waals surface area contributed by atoms with Gasteiger partial charge >= 0.3 is 0 Å². The van der Waals surface area contributed by atoms with Gasteiger partial charge in [0.2, 0.25) is 5.91 Å². The molecule has 1 aliphatic carbocycles. The van der Waals surface area contributed by atoms with E-state index in [-0.39, 0.29) is 11.7 Å². The van der Waals surface area contributed by atoms with Gasteiger partial charge in [0.15, 0.2) is 0 Å². The number of hydrogen-bond donors (Lipinski definition) is 0. The van der Waals surface area contributed by atoms with Crippen LogP contribution in [0.25, 0.3) is 0 Å². The van der Waals surface area contributed by atoms with Gasteiger partial charge in [0.25, 0.3) is 0 Å². The van der Waals surface area contributed by atoms with Crippen LogP contribution in [0.4, 0.5) is 4.39 Å². The normalized spacial score (nSPS) is 14.0. The highest BCUT2D eigenvalue weighted by molar-refractivity contribution is 5.76. The zero-order valence-electron chi connectivity index (χ0n) is 13.4. The molecule has 0 spiro atoms. The minimum atomic E-state index is -0.221. The van der Waals surface area contributed by atoms with Crippen molar-refractivity contribution in [3.8, 4) is 0 Å². The van der Waals surface area contributed by atoms with E-state index in [0.29, 0.717) is 32.0 Å². The standard InChI is InChI=1S/C18H22FN3O/c1-14-12-20-21(13-14)9-8-18(23)22(17-5-6-17)10-7-15-3-2-4-16(19)11-15/h2-4,11-13,17H,5-10H2,1H3. The van der Waals surface area contributed by atoms with Crippen molar-refractivity contribution in [1.82, 2.24) is 14.7 Å². The Bertz CT molecular complexity index is 678. The van der Waals surface area contributed by atoms with Gasteiger partial charge in [-0.15, -0.1) is 0 Å². The average Bonchev–Trinajstić information content (AvgIpc) is 3.27. The van der Waals surface area contributed by atoms with Crippen molar-refractivity contribution in [2.45, 2.75) is 45.2 Å². The molecule has 1 aliphatic rings. The van der Waals surface area contributed by atoms with Gasteiger partial charge in [-0.25, -0.2) is 4.39 Å². The number of benzene rings is 1. The van der Waals surface area contributed by atoms with Gasteiger partial charge in [-0.05, 0) is 49.4 Å². The van der Waals surface area contributed by atoms with Crippen molar-refractivity contribution < 1.29 is 9.18 Å². The molecule has 5 heteroatoms. The molecule has 0 unspecified atom stereocenters. The Balaban J connectivity index is 1.54. The summed E-state index contributed by atoms with van der Waals surface area (Å²) in [6, 6.07) is 6.98. The highest BCUT2D eigenvalue weighted by atomic mass is 19.1. The number of carbonyl (C=O) groups excluding carboxylic acids is 1. The Morgan fingerprint density at radius 2 is 2.26 bits per heavy atom. The van der Waals surface area contributed by atoms with E-state index in [2.05, 4.69) is 5.10 Å². The molecule has 122 valence electrons. The summed E-state index contributed by atoms with van der Waals surface area (Å²) in [6.45, 7) is 3.25. The molecular formula is C18H22FN3O. The van der Waals surface area contributed by atoms with E-state index in [9.17, 15) is 9.18 Å². The number of nitrogens with zero attached hydrogens (tertiary/aromatic N) is 3. The number of hydrogen-bond acceptors (Lipinski definition) is 2. The van der Waals surface area contributed by atoms with Crippen molar-refractivity contribution in [1.29, 1.82) is 0 Å². The van der Waals surface area contributed by atoms with E-state index in [1.54, 1.807) is 18.3 Å². The Labute approximate surface area is 135 Å². The molecule has 23 heavy (non-hydrogen) atoms. The first-order chi connectivity index (χ1) is 11.1. The second kappa shape index (κ2) is 6.94. The van der Waals surface area contributed by atoms with Crippen LogP contribution >= 0.6 is 0 Å². The second-order valence-electron chi connectivity index (χ2n) is 6.23. The summed E-state index contributed by atoms with van der Waals surface area (Å²) < 4.78 is 15.1. The third-order valence-electron chi connectivity index (χ3n) is 4.16. The molecule has 1 aromatic carbocycles. The van der Waals surface area contributed by atoms with Crippen molar-refractivity contribution in [2.24, 2.45) is 0 Å². The number of amides is 1. The average molecular weight is 315 g/mol. The van der Waals surface area contributed by atoms with Gasteiger partial charge in [-0.3, -0.25) is 9.48 Å². The number of carbonyl (C=O) groups is 1. The fourth-order valence-corrected chi connectivity index (χ4v) is 2.78. The van der Waals surface area contributed by atoms with Gasteiger partial charge in [0.05, 0.1) is 6.20 Å². The van der Waals surface area contributed by atoms with Crippen LogP contribution in [0.2, 0.25) is 0 Å². The molecule has 1 amide bonds. The molecule has 3 rings (SSSR count). The minimum Gasteiger partial charge on any atom is -0.339 e. The summed E-state index contributed by atoms with van der Waals surface area (Å²) in [5.41, 5.74) is 2.04. The quantitative estimate of drug-likeness (QED) is 0.788. The van der Waals surface area contributed by atoms with Crippen LogP contribution in [0.1, 0.15) is 30.4 Å². The Kier molecular flexibility index (Phi) is 4.74. The number of halogens is 1. The van der Waals surface area contributed by atoms with Gasteiger partial charge in [0, 0.05) is 31.7 Å². The van der Waals surface area contributed by atoms with Crippen molar-refractivity contribution >= 4 is 5.91 Å². The first kappa shape index (κ1) is 15.7. The number of aryl methyl sites for hydroxylation is 2. The monoisotopic (exact) mass is 315 g/mol. The SMILES string of the molecule is Cc1cnn(CCC(=O)N(CCc2cccc(F)c2)C2CC2)c1. The highest BCUT2D eigenvalue weighted by Crippen LogP contribution is 2.27. The van der Waals surface area contributed by atoms with Crippen molar-refractivity contribution in [2.75, 3.05) is 6.54 Å². The summed E-state index contributed by atoms with van der Waals surface area (Å²) in [6.07, 6.45) is 7.06. The zero-order chi connectivity index (χ0) is 16.2. The Morgan fingerprint density at radius 3 is 2.91 bits per heavy atom. The molecule has 0 N–H and O–H groups in total. The predicted molar refractivity (Wildman–Crippen MR) is 86.4 cm³/mol. The van der Waals surface area contributed by atoms with Crippen LogP contribution < -0.4 is 0 Å². The smallest absolute Gasteiger partial charge is 0.224 e. The van der Waals surface area contributed by atoms with E-state index in [4.69, 9.17) is 0 Å². The molecule has 0 aliphatic heterocycles. The third-order valence-corrected chi connectivity index (χ3v) is 4.16. The Hall–Kier alpha value is -2.17. The summed E-state index contributed by atoms with van der Waals surface area (Å²) in [4.78, 5) is 14.5. The van der Waals surface area contributed by atoms with Crippen LogP contribution in [0.15, 0.2) is 36.7 Å². The molecule has 1 heterocycles. The summed E-state index contributed by atoms with van der Waals surface area (Å²) >= 11 is 0. The molecule has 1 saturated carbocycles. The summed E-state index contributed by atoms with van der Waals surface area (Å²) in [5.74, 6) is -0.0575. The van der Waals surface area contributed by atoms with E-state index in [1.165, 1.54) is 6.07 Å². The summed E-state index contributed by atoms with van der Waals surface area (Å²) in [7, 11) is 0. The van der Waals surface area contributed by atoms with Gasteiger partial charge < -0.3 is 4.90 Å². The van der Waals surface area contributed by atoms with Gasteiger partial charge in [-0.2, -0.15) is 5.10 Å². The van der Waals surface area contributed by atoms with E-state index in [1.807, 2.05) is 28.8 Å². The molecule has 2 aromatic rings. The number of rotatable bonds is 7. The van der Waals surface area contributed by atoms with E-state index in [0.717, 1.165) is 24.0 Å². The van der Waals surface area contributed by atoms with Crippen LogP contribution in [0, 0.1) is 12.7 Å². The lowest BCUT2D eigenvalue weighted by Gasteiger charge is -2.22. The fourth-order valence-electron chi connectivity index (χ4n) is 2.78. The minimum absolute atomic E-state index is 0.164. The van der Waals surface area contributed by atoms with Crippen molar-refractivity contribution in [3.05, 3.63) is 53.6 Å². The largest absolute Gasteiger partial charge is 0.339 e. The zero-order valence-corrected chi connectivity index (χ0v) is 13.4.